The van der Waals surface area contributed by atoms with E-state index in [0.29, 0.717) is 12.8 Å². The molecule has 3 rings (SSSR count). The third-order valence-electron chi connectivity index (χ3n) is 4.49. The molecule has 1 fully saturated rings. The van der Waals surface area contributed by atoms with Crippen LogP contribution in [-0.2, 0) is 0 Å². The minimum Gasteiger partial charge on any atom is -0.362 e. The van der Waals surface area contributed by atoms with Crippen molar-refractivity contribution in [3.63, 3.8) is 0 Å². The zero-order chi connectivity index (χ0) is 16.8. The second kappa shape index (κ2) is 5.33. The Morgan fingerprint density at radius 1 is 1.39 bits per heavy atom. The Labute approximate surface area is 131 Å². The monoisotopic (exact) mass is 326 g/mol. The summed E-state index contributed by atoms with van der Waals surface area (Å²) < 4.78 is 40.8. The molecule has 2 aliphatic rings. The molecule has 1 heterocycles. The number of fused-ring (bicyclic) bond motifs is 1. The molecule has 0 radical (unpaired) electrons. The molecule has 0 bridgehead atoms. The molecule has 4 nitrogen and oxygen atoms in total. The maximum atomic E-state index is 13.6. The lowest BCUT2D eigenvalue weighted by Gasteiger charge is -2.38. The fourth-order valence-corrected chi connectivity index (χ4v) is 3.32. The number of nitrogens with zero attached hydrogens (tertiary/aromatic N) is 2. The van der Waals surface area contributed by atoms with Gasteiger partial charge in [-0.05, 0) is 38.3 Å². The van der Waals surface area contributed by atoms with Crippen molar-refractivity contribution in [3.05, 3.63) is 35.4 Å². The molecule has 2 unspecified atom stereocenters. The summed E-state index contributed by atoms with van der Waals surface area (Å²) in [6.07, 6.45) is -3.13. The quantitative estimate of drug-likeness (QED) is 0.861. The molecule has 1 aromatic carbocycles. The number of carbonyl (C=O) groups excluding carboxylic acids is 1. The van der Waals surface area contributed by atoms with Gasteiger partial charge in [-0.1, -0.05) is 24.1 Å². The minimum absolute atomic E-state index is 0.0793. The van der Waals surface area contributed by atoms with Gasteiger partial charge >= 0.3 is 6.18 Å². The molecule has 7 heteroatoms. The second-order valence-electron chi connectivity index (χ2n) is 6.10. The fraction of sp³-hybridized carbons (Fsp3) is 0.500. The first kappa shape index (κ1) is 16.0. The number of hydrogen-bond acceptors (Lipinski definition) is 3. The summed E-state index contributed by atoms with van der Waals surface area (Å²) in [6.45, 7) is 1.74. The molecule has 1 aliphatic carbocycles. The summed E-state index contributed by atoms with van der Waals surface area (Å²) in [7, 11) is 0. The fourth-order valence-electron chi connectivity index (χ4n) is 3.32. The summed E-state index contributed by atoms with van der Waals surface area (Å²) in [4.78, 5) is 12.6. The predicted molar refractivity (Wildman–Crippen MR) is 77.7 cm³/mol. The lowest BCUT2D eigenvalue weighted by atomic mass is 9.80. The molecular weight excluding hydrogens is 309 g/mol. The van der Waals surface area contributed by atoms with Crippen LogP contribution in [0.1, 0.15) is 41.6 Å². The van der Waals surface area contributed by atoms with Crippen LogP contribution in [0.4, 0.5) is 13.2 Å². The smallest absolute Gasteiger partial charge is 0.362 e. The van der Waals surface area contributed by atoms with Gasteiger partial charge in [0.25, 0.3) is 11.6 Å². The number of alkyl halides is 3. The number of benzene rings is 1. The Morgan fingerprint density at radius 2 is 2.13 bits per heavy atom. The average molecular weight is 326 g/mol. The van der Waals surface area contributed by atoms with Gasteiger partial charge < -0.3 is 5.11 Å². The topological polar surface area (TPSA) is 52.9 Å². The van der Waals surface area contributed by atoms with Crippen LogP contribution in [0, 0.1) is 12.8 Å². The van der Waals surface area contributed by atoms with Gasteiger partial charge in [0.2, 0.25) is 0 Å². The third-order valence-corrected chi connectivity index (χ3v) is 4.49. The van der Waals surface area contributed by atoms with Crippen molar-refractivity contribution in [3.8, 4) is 0 Å². The van der Waals surface area contributed by atoms with Crippen molar-refractivity contribution in [2.75, 3.05) is 0 Å². The highest BCUT2D eigenvalue weighted by Gasteiger charge is 2.68. The van der Waals surface area contributed by atoms with E-state index in [0.717, 1.165) is 12.0 Å². The van der Waals surface area contributed by atoms with E-state index in [4.69, 9.17) is 0 Å². The van der Waals surface area contributed by atoms with E-state index in [-0.39, 0.29) is 22.7 Å². The first-order valence-electron chi connectivity index (χ1n) is 7.53. The Balaban J connectivity index is 2.05. The molecule has 0 aromatic heterocycles. The molecule has 1 saturated carbocycles. The molecule has 0 saturated heterocycles. The van der Waals surface area contributed by atoms with Gasteiger partial charge in [-0.25, -0.2) is 0 Å². The lowest BCUT2D eigenvalue weighted by molar-refractivity contribution is -0.312. The summed E-state index contributed by atoms with van der Waals surface area (Å²) >= 11 is 0. The molecule has 1 aliphatic heterocycles. The van der Waals surface area contributed by atoms with Crippen molar-refractivity contribution in [2.24, 2.45) is 11.0 Å². The van der Waals surface area contributed by atoms with Crippen LogP contribution in [-0.4, -0.2) is 33.6 Å². The first-order valence-corrected chi connectivity index (χ1v) is 7.53. The summed E-state index contributed by atoms with van der Waals surface area (Å²) in [5, 5.41) is 14.6. The maximum absolute atomic E-state index is 13.6. The highest BCUT2D eigenvalue weighted by atomic mass is 19.4. The Hall–Kier alpha value is -1.89. The number of rotatable bonds is 1. The Kier molecular flexibility index (Phi) is 3.71. The third kappa shape index (κ3) is 2.43. The number of halogens is 3. The lowest BCUT2D eigenvalue weighted by Crippen LogP contribution is -2.61. The van der Waals surface area contributed by atoms with Crippen molar-refractivity contribution < 1.29 is 23.1 Å². The Morgan fingerprint density at radius 3 is 2.78 bits per heavy atom. The van der Waals surface area contributed by atoms with Crippen LogP contribution in [0.2, 0.25) is 0 Å². The van der Waals surface area contributed by atoms with Crippen molar-refractivity contribution in [1.29, 1.82) is 0 Å². The number of aliphatic hydroxyl groups is 1. The van der Waals surface area contributed by atoms with E-state index >= 15 is 0 Å². The average Bonchev–Trinajstić information content (AvgIpc) is 2.81. The highest BCUT2D eigenvalue weighted by molar-refractivity contribution is 5.99. The SMILES string of the molecule is Cc1cccc(C(=O)N2N=C3CCCCC3C2(O)C(F)(F)F)c1. The van der Waals surface area contributed by atoms with Crippen LogP contribution >= 0.6 is 0 Å². The van der Waals surface area contributed by atoms with E-state index in [9.17, 15) is 23.1 Å². The molecule has 0 spiro atoms. The van der Waals surface area contributed by atoms with Gasteiger partial charge in [0.05, 0.1) is 5.92 Å². The van der Waals surface area contributed by atoms with Crippen molar-refractivity contribution >= 4 is 11.6 Å². The highest BCUT2D eigenvalue weighted by Crippen LogP contribution is 2.48. The molecule has 23 heavy (non-hydrogen) atoms. The van der Waals surface area contributed by atoms with Crippen LogP contribution in [0.3, 0.4) is 0 Å². The Bertz CT molecular complexity index is 672. The van der Waals surface area contributed by atoms with Crippen LogP contribution in [0.25, 0.3) is 0 Å². The molecule has 1 amide bonds. The van der Waals surface area contributed by atoms with Crippen LogP contribution < -0.4 is 0 Å². The number of hydrogen-bond donors (Lipinski definition) is 1. The van der Waals surface area contributed by atoms with E-state index in [2.05, 4.69) is 5.10 Å². The van der Waals surface area contributed by atoms with Gasteiger partial charge in [-0.3, -0.25) is 4.79 Å². The zero-order valence-electron chi connectivity index (χ0n) is 12.6. The minimum atomic E-state index is -4.97. The molecular formula is C16H17F3N2O2. The van der Waals surface area contributed by atoms with Crippen molar-refractivity contribution in [2.45, 2.75) is 44.5 Å². The van der Waals surface area contributed by atoms with E-state index in [1.165, 1.54) is 12.1 Å². The van der Waals surface area contributed by atoms with Gasteiger partial charge in [0.1, 0.15) is 0 Å². The standard InChI is InChI=1S/C16H17F3N2O2/c1-10-5-4-6-11(9-10)14(22)21-15(23,16(17,18)19)12-7-2-3-8-13(12)20-21/h4-6,9,12,23H,2-3,7-8H2,1H3. The number of hydrazone groups is 1. The second-order valence-corrected chi connectivity index (χ2v) is 6.10. The van der Waals surface area contributed by atoms with E-state index in [1.54, 1.807) is 19.1 Å². The summed E-state index contributed by atoms with van der Waals surface area (Å²) in [6, 6.07) is 6.24. The molecule has 1 N–H and O–H groups in total. The maximum Gasteiger partial charge on any atom is 0.439 e. The normalized spacial score (nSPS) is 27.6. The molecule has 2 atom stereocenters. The van der Waals surface area contributed by atoms with E-state index in [1.807, 2.05) is 0 Å². The van der Waals surface area contributed by atoms with Crippen molar-refractivity contribution in [1.82, 2.24) is 5.01 Å². The summed E-state index contributed by atoms with van der Waals surface area (Å²) in [5.41, 5.74) is -2.17. The summed E-state index contributed by atoms with van der Waals surface area (Å²) in [5.74, 6) is -2.11. The van der Waals surface area contributed by atoms with Crippen LogP contribution in [0.5, 0.6) is 0 Å². The van der Waals surface area contributed by atoms with Gasteiger partial charge in [0, 0.05) is 11.3 Å². The number of aryl methyl sites for hydroxylation is 1. The van der Waals surface area contributed by atoms with Gasteiger partial charge in [0.15, 0.2) is 0 Å². The predicted octanol–water partition coefficient (Wildman–Crippen LogP) is 3.25. The zero-order valence-corrected chi connectivity index (χ0v) is 12.6. The molecule has 124 valence electrons. The number of carbonyl (C=O) groups is 1. The molecule has 1 aromatic rings. The van der Waals surface area contributed by atoms with Gasteiger partial charge in [-0.15, -0.1) is 0 Å². The van der Waals surface area contributed by atoms with Gasteiger partial charge in [-0.2, -0.15) is 23.3 Å². The number of amides is 1. The van der Waals surface area contributed by atoms with E-state index < -0.39 is 23.7 Å². The van der Waals surface area contributed by atoms with Crippen LogP contribution in [0.15, 0.2) is 29.4 Å². The largest absolute Gasteiger partial charge is 0.439 e. The first-order chi connectivity index (χ1) is 10.7.